The van der Waals surface area contributed by atoms with Crippen LogP contribution in [0, 0.1) is 12.7 Å². The Balaban J connectivity index is 1.81. The number of benzene rings is 1. The van der Waals surface area contributed by atoms with Crippen molar-refractivity contribution in [2.24, 2.45) is 0 Å². The van der Waals surface area contributed by atoms with Gasteiger partial charge in [-0.1, -0.05) is 0 Å². The maximum atomic E-state index is 12.8. The highest BCUT2D eigenvalue weighted by Crippen LogP contribution is 2.13. The van der Waals surface area contributed by atoms with Crippen molar-refractivity contribution in [3.8, 4) is 5.75 Å². The van der Waals surface area contributed by atoms with Crippen LogP contribution in [0.15, 0.2) is 30.5 Å². The zero-order chi connectivity index (χ0) is 17.7. The van der Waals surface area contributed by atoms with Gasteiger partial charge in [0.05, 0.1) is 11.8 Å². The lowest BCUT2D eigenvalue weighted by Gasteiger charge is -2.13. The van der Waals surface area contributed by atoms with Crippen LogP contribution in [0.5, 0.6) is 5.75 Å². The molecule has 0 fully saturated rings. The van der Waals surface area contributed by atoms with E-state index in [0.29, 0.717) is 11.3 Å². The molecule has 7 heteroatoms. The Bertz CT molecular complexity index is 683. The fraction of sp³-hybridized carbons (Fsp3) is 0.412. The molecule has 1 unspecified atom stereocenters. The number of nitrogens with one attached hydrogen (secondary N) is 1. The number of nitrogens with zero attached hydrogens (tertiary/aromatic N) is 2. The first kappa shape index (κ1) is 17.9. The summed E-state index contributed by atoms with van der Waals surface area (Å²) in [7, 11) is 0. The number of hydrogen-bond acceptors (Lipinski definition) is 4. The minimum atomic E-state index is -0.876. The molecule has 0 saturated carbocycles. The lowest BCUT2D eigenvalue weighted by atomic mass is 10.2. The Hall–Kier alpha value is -2.41. The van der Waals surface area contributed by atoms with Crippen molar-refractivity contribution in [3.05, 3.63) is 47.5 Å². The van der Waals surface area contributed by atoms with Crippen molar-refractivity contribution < 1.29 is 19.0 Å². The van der Waals surface area contributed by atoms with E-state index in [2.05, 4.69) is 10.4 Å². The normalized spacial score (nSPS) is 12.2. The zero-order valence-electron chi connectivity index (χ0n) is 14.0. The molecule has 2 aromatic rings. The Morgan fingerprint density at radius 1 is 1.38 bits per heavy atom. The van der Waals surface area contributed by atoms with Gasteiger partial charge in [-0.3, -0.25) is 9.48 Å². The number of aliphatic hydroxyl groups excluding tert-OH is 1. The molecule has 2 rings (SSSR count). The Morgan fingerprint density at radius 3 is 2.62 bits per heavy atom. The maximum Gasteiger partial charge on any atom is 0.254 e. The summed E-state index contributed by atoms with van der Waals surface area (Å²) in [5.41, 5.74) is 1.26. The molecule has 2 N–H and O–H groups in total. The van der Waals surface area contributed by atoms with E-state index in [4.69, 9.17) is 4.74 Å². The van der Waals surface area contributed by atoms with Crippen molar-refractivity contribution in [2.45, 2.75) is 32.9 Å². The van der Waals surface area contributed by atoms with Gasteiger partial charge in [0.1, 0.15) is 24.3 Å². The van der Waals surface area contributed by atoms with Crippen LogP contribution < -0.4 is 10.1 Å². The van der Waals surface area contributed by atoms with Gasteiger partial charge in [0.2, 0.25) is 0 Å². The third kappa shape index (κ3) is 4.55. The summed E-state index contributed by atoms with van der Waals surface area (Å²) >= 11 is 0. The molecule has 1 amide bonds. The van der Waals surface area contributed by atoms with Crippen molar-refractivity contribution in [3.63, 3.8) is 0 Å². The topological polar surface area (TPSA) is 76.4 Å². The Labute approximate surface area is 140 Å². The average Bonchev–Trinajstić information content (AvgIpc) is 2.94. The van der Waals surface area contributed by atoms with Crippen LogP contribution in [0.4, 0.5) is 4.39 Å². The molecule has 24 heavy (non-hydrogen) atoms. The first-order valence-corrected chi connectivity index (χ1v) is 7.77. The van der Waals surface area contributed by atoms with Crippen molar-refractivity contribution >= 4 is 5.91 Å². The quantitative estimate of drug-likeness (QED) is 0.812. The molecule has 0 bridgehead atoms. The van der Waals surface area contributed by atoms with Crippen LogP contribution in [0.2, 0.25) is 0 Å². The standard InChI is InChI=1S/C17H22FN3O3/c1-11(2)21-12(3)16(9-20-21)17(23)19-8-14(22)10-24-15-6-4-13(18)5-7-15/h4-7,9,11,14,22H,8,10H2,1-3H3,(H,19,23). The summed E-state index contributed by atoms with van der Waals surface area (Å²) in [6.45, 7) is 5.84. The second-order valence-corrected chi connectivity index (χ2v) is 5.81. The van der Waals surface area contributed by atoms with Crippen molar-refractivity contribution in [1.82, 2.24) is 15.1 Å². The number of carbonyl (C=O) groups is 1. The van der Waals surface area contributed by atoms with Gasteiger partial charge in [0.25, 0.3) is 5.91 Å². The lowest BCUT2D eigenvalue weighted by Crippen LogP contribution is -2.35. The second kappa shape index (κ2) is 7.92. The summed E-state index contributed by atoms with van der Waals surface area (Å²) in [5.74, 6) is -0.191. The number of amides is 1. The summed E-state index contributed by atoms with van der Waals surface area (Å²) < 4.78 is 19.9. The Morgan fingerprint density at radius 2 is 2.04 bits per heavy atom. The van der Waals surface area contributed by atoms with Crippen molar-refractivity contribution in [2.75, 3.05) is 13.2 Å². The number of aliphatic hydroxyl groups is 1. The molecule has 0 aliphatic rings. The summed E-state index contributed by atoms with van der Waals surface area (Å²) in [6, 6.07) is 5.67. The van der Waals surface area contributed by atoms with Gasteiger partial charge in [-0.05, 0) is 45.0 Å². The fourth-order valence-electron chi connectivity index (χ4n) is 2.25. The summed E-state index contributed by atoms with van der Waals surface area (Å²) in [4.78, 5) is 12.2. The monoisotopic (exact) mass is 335 g/mol. The number of hydrogen-bond donors (Lipinski definition) is 2. The van der Waals surface area contributed by atoms with Gasteiger partial charge in [0, 0.05) is 18.3 Å². The van der Waals surface area contributed by atoms with Crippen LogP contribution >= 0.6 is 0 Å². The molecule has 1 heterocycles. The molecule has 1 atom stereocenters. The molecule has 0 spiro atoms. The van der Waals surface area contributed by atoms with E-state index < -0.39 is 6.10 Å². The van der Waals surface area contributed by atoms with Gasteiger partial charge in [-0.2, -0.15) is 5.10 Å². The van der Waals surface area contributed by atoms with E-state index in [-0.39, 0.29) is 30.9 Å². The molecule has 0 radical (unpaired) electrons. The number of halogens is 1. The molecular formula is C17H22FN3O3. The molecule has 6 nitrogen and oxygen atoms in total. The fourth-order valence-corrected chi connectivity index (χ4v) is 2.25. The largest absolute Gasteiger partial charge is 0.491 e. The van der Waals surface area contributed by atoms with E-state index in [1.54, 1.807) is 4.68 Å². The van der Waals surface area contributed by atoms with Crippen LogP contribution in [0.25, 0.3) is 0 Å². The van der Waals surface area contributed by atoms with Gasteiger partial charge < -0.3 is 15.2 Å². The molecule has 1 aromatic carbocycles. The third-order valence-electron chi connectivity index (χ3n) is 3.53. The first-order valence-electron chi connectivity index (χ1n) is 7.77. The highest BCUT2D eigenvalue weighted by Gasteiger charge is 2.16. The van der Waals surface area contributed by atoms with Crippen LogP contribution in [-0.4, -0.2) is 40.0 Å². The van der Waals surface area contributed by atoms with Gasteiger partial charge in [-0.25, -0.2) is 4.39 Å². The lowest BCUT2D eigenvalue weighted by molar-refractivity contribution is 0.0843. The molecule has 1 aromatic heterocycles. The predicted octanol–water partition coefficient (Wildman–Crippen LogP) is 2.08. The number of aromatic nitrogens is 2. The van der Waals surface area contributed by atoms with Gasteiger partial charge in [-0.15, -0.1) is 0 Å². The van der Waals surface area contributed by atoms with E-state index in [0.717, 1.165) is 5.69 Å². The van der Waals surface area contributed by atoms with Crippen LogP contribution in [0.1, 0.15) is 35.9 Å². The Kier molecular flexibility index (Phi) is 5.92. The minimum Gasteiger partial charge on any atom is -0.491 e. The van der Waals surface area contributed by atoms with Crippen LogP contribution in [-0.2, 0) is 0 Å². The average molecular weight is 335 g/mol. The number of carbonyl (C=O) groups excluding carboxylic acids is 1. The van der Waals surface area contributed by atoms with E-state index in [1.807, 2.05) is 20.8 Å². The van der Waals surface area contributed by atoms with Gasteiger partial charge in [0.15, 0.2) is 0 Å². The minimum absolute atomic E-state index is 0.00382. The van der Waals surface area contributed by atoms with E-state index in [9.17, 15) is 14.3 Å². The van der Waals surface area contributed by atoms with Crippen molar-refractivity contribution in [1.29, 1.82) is 0 Å². The molecule has 0 saturated heterocycles. The summed E-state index contributed by atoms with van der Waals surface area (Å²) in [5, 5.41) is 16.7. The molecular weight excluding hydrogens is 313 g/mol. The maximum absolute atomic E-state index is 12.8. The SMILES string of the molecule is Cc1c(C(=O)NCC(O)COc2ccc(F)cc2)cnn1C(C)C. The molecule has 130 valence electrons. The van der Waals surface area contributed by atoms with E-state index >= 15 is 0 Å². The number of rotatable bonds is 7. The second-order valence-electron chi connectivity index (χ2n) is 5.81. The van der Waals surface area contributed by atoms with E-state index in [1.165, 1.54) is 30.5 Å². The summed E-state index contributed by atoms with van der Waals surface area (Å²) in [6.07, 6.45) is 0.644. The third-order valence-corrected chi connectivity index (χ3v) is 3.53. The zero-order valence-corrected chi connectivity index (χ0v) is 14.0. The smallest absolute Gasteiger partial charge is 0.254 e. The molecule has 0 aliphatic carbocycles. The first-order chi connectivity index (χ1) is 11.4. The number of ether oxygens (including phenoxy) is 1. The highest BCUT2D eigenvalue weighted by atomic mass is 19.1. The van der Waals surface area contributed by atoms with Gasteiger partial charge >= 0.3 is 0 Å². The molecule has 0 aliphatic heterocycles. The highest BCUT2D eigenvalue weighted by molar-refractivity contribution is 5.95. The van der Waals surface area contributed by atoms with Crippen LogP contribution in [0.3, 0.4) is 0 Å². The predicted molar refractivity (Wildman–Crippen MR) is 87.6 cm³/mol.